The van der Waals surface area contributed by atoms with Gasteiger partial charge in [0.15, 0.2) is 0 Å². The molecule has 0 aromatic rings. The lowest BCUT2D eigenvalue weighted by Gasteiger charge is -2.08. The predicted molar refractivity (Wildman–Crippen MR) is 56.5 cm³/mol. The van der Waals surface area contributed by atoms with Gasteiger partial charge in [-0.3, -0.25) is 4.79 Å². The van der Waals surface area contributed by atoms with E-state index in [2.05, 4.69) is 0 Å². The molecule has 5 heteroatoms. The van der Waals surface area contributed by atoms with E-state index >= 15 is 0 Å². The molecule has 1 aliphatic rings. The molecule has 1 fully saturated rings. The van der Waals surface area contributed by atoms with Gasteiger partial charge in [0.1, 0.15) is 6.04 Å². The van der Waals surface area contributed by atoms with E-state index in [4.69, 9.17) is 15.6 Å². The first-order valence-electron chi connectivity index (χ1n) is 4.84. The molecule has 0 aliphatic carbocycles. The molecule has 14 heavy (non-hydrogen) atoms. The first-order chi connectivity index (χ1) is 6.70. The maximum atomic E-state index is 10.4. The summed E-state index contributed by atoms with van der Waals surface area (Å²) >= 11 is 1.77. The number of carbonyl (C=O) groups is 1. The van der Waals surface area contributed by atoms with Crippen LogP contribution in [0.4, 0.5) is 0 Å². The van der Waals surface area contributed by atoms with Crippen molar-refractivity contribution in [1.29, 1.82) is 0 Å². The first-order valence-corrected chi connectivity index (χ1v) is 5.99. The maximum absolute atomic E-state index is 10.4. The highest BCUT2D eigenvalue weighted by atomic mass is 32.2. The SMILES string of the molecule is NC(CCSCC1CCOC1)C(=O)O. The lowest BCUT2D eigenvalue weighted by atomic mass is 10.2. The molecule has 0 amide bonds. The fourth-order valence-electron chi connectivity index (χ4n) is 1.30. The highest BCUT2D eigenvalue weighted by Crippen LogP contribution is 2.18. The minimum absolute atomic E-state index is 0.549. The number of rotatable bonds is 6. The summed E-state index contributed by atoms with van der Waals surface area (Å²) in [4.78, 5) is 10.4. The van der Waals surface area contributed by atoms with Crippen molar-refractivity contribution in [2.45, 2.75) is 18.9 Å². The normalized spacial score (nSPS) is 23.6. The van der Waals surface area contributed by atoms with Gasteiger partial charge in [0, 0.05) is 6.61 Å². The summed E-state index contributed by atoms with van der Waals surface area (Å²) in [6, 6.07) is -0.706. The summed E-state index contributed by atoms with van der Waals surface area (Å²) in [6.45, 7) is 1.73. The van der Waals surface area contributed by atoms with Crippen LogP contribution < -0.4 is 5.73 Å². The third kappa shape index (κ3) is 4.30. The molecule has 0 saturated carbocycles. The Balaban J connectivity index is 1.95. The molecule has 0 aromatic carbocycles. The van der Waals surface area contributed by atoms with Gasteiger partial charge < -0.3 is 15.6 Å². The van der Waals surface area contributed by atoms with E-state index < -0.39 is 12.0 Å². The van der Waals surface area contributed by atoms with Gasteiger partial charge in [0.05, 0.1) is 6.61 Å². The quantitative estimate of drug-likeness (QED) is 0.639. The molecule has 1 aliphatic heterocycles. The second-order valence-electron chi connectivity index (χ2n) is 3.54. The van der Waals surface area contributed by atoms with Gasteiger partial charge in [-0.05, 0) is 30.3 Å². The number of hydrogen-bond acceptors (Lipinski definition) is 4. The zero-order valence-electron chi connectivity index (χ0n) is 8.15. The summed E-state index contributed by atoms with van der Waals surface area (Å²) < 4.78 is 5.24. The standard InChI is InChI=1S/C9H17NO3S/c10-8(9(11)12)2-4-14-6-7-1-3-13-5-7/h7-8H,1-6,10H2,(H,11,12). The molecule has 4 nitrogen and oxygen atoms in total. The van der Waals surface area contributed by atoms with E-state index in [1.54, 1.807) is 11.8 Å². The maximum Gasteiger partial charge on any atom is 0.320 e. The predicted octanol–water partition coefficient (Wildman–Crippen LogP) is 0.558. The van der Waals surface area contributed by atoms with E-state index in [9.17, 15) is 4.79 Å². The third-order valence-electron chi connectivity index (χ3n) is 2.27. The summed E-state index contributed by atoms with van der Waals surface area (Å²) in [5.41, 5.74) is 5.37. The van der Waals surface area contributed by atoms with Gasteiger partial charge in [-0.2, -0.15) is 11.8 Å². The summed E-state index contributed by atoms with van der Waals surface area (Å²) in [7, 11) is 0. The Labute approximate surface area is 88.2 Å². The van der Waals surface area contributed by atoms with E-state index in [-0.39, 0.29) is 0 Å². The second-order valence-corrected chi connectivity index (χ2v) is 4.69. The van der Waals surface area contributed by atoms with Crippen molar-refractivity contribution in [2.75, 3.05) is 24.7 Å². The average Bonchev–Trinajstić information content (AvgIpc) is 2.64. The molecule has 82 valence electrons. The van der Waals surface area contributed by atoms with Crippen molar-refractivity contribution in [3.8, 4) is 0 Å². The summed E-state index contributed by atoms with van der Waals surface area (Å²) in [5.74, 6) is 1.63. The number of aliphatic carboxylic acids is 1. The van der Waals surface area contributed by atoms with Crippen LogP contribution in [0, 0.1) is 5.92 Å². The highest BCUT2D eigenvalue weighted by molar-refractivity contribution is 7.99. The smallest absolute Gasteiger partial charge is 0.320 e. The van der Waals surface area contributed by atoms with E-state index in [0.717, 1.165) is 31.1 Å². The third-order valence-corrected chi connectivity index (χ3v) is 3.50. The lowest BCUT2D eigenvalue weighted by Crippen LogP contribution is -2.30. The number of hydrogen-bond donors (Lipinski definition) is 2. The summed E-state index contributed by atoms with van der Waals surface area (Å²) in [6.07, 6.45) is 1.69. The Hall–Kier alpha value is -0.260. The van der Waals surface area contributed by atoms with Crippen LogP contribution in [0.1, 0.15) is 12.8 Å². The van der Waals surface area contributed by atoms with Crippen LogP contribution in [-0.2, 0) is 9.53 Å². The molecule has 0 radical (unpaired) electrons. The van der Waals surface area contributed by atoms with Crippen molar-refractivity contribution < 1.29 is 14.6 Å². The van der Waals surface area contributed by atoms with Crippen LogP contribution in [0.15, 0.2) is 0 Å². The van der Waals surface area contributed by atoms with Gasteiger partial charge in [-0.1, -0.05) is 0 Å². The number of thioether (sulfide) groups is 1. The van der Waals surface area contributed by atoms with E-state index in [1.165, 1.54) is 0 Å². The lowest BCUT2D eigenvalue weighted by molar-refractivity contribution is -0.138. The Morgan fingerprint density at radius 3 is 3.07 bits per heavy atom. The van der Waals surface area contributed by atoms with E-state index in [1.807, 2.05) is 0 Å². The van der Waals surface area contributed by atoms with Gasteiger partial charge in [0.2, 0.25) is 0 Å². The van der Waals surface area contributed by atoms with Crippen molar-refractivity contribution >= 4 is 17.7 Å². The largest absolute Gasteiger partial charge is 0.480 e. The Morgan fingerprint density at radius 1 is 1.71 bits per heavy atom. The van der Waals surface area contributed by atoms with Gasteiger partial charge in [-0.25, -0.2) is 0 Å². The molecule has 1 heterocycles. The zero-order valence-corrected chi connectivity index (χ0v) is 8.96. The minimum atomic E-state index is -0.908. The number of nitrogens with two attached hydrogens (primary N) is 1. The topological polar surface area (TPSA) is 72.5 Å². The number of carboxylic acids is 1. The highest BCUT2D eigenvalue weighted by Gasteiger charge is 2.16. The van der Waals surface area contributed by atoms with Crippen LogP contribution in [0.2, 0.25) is 0 Å². The molecular weight excluding hydrogens is 202 g/mol. The van der Waals surface area contributed by atoms with Gasteiger partial charge >= 0.3 is 5.97 Å². The van der Waals surface area contributed by atoms with Crippen molar-refractivity contribution in [2.24, 2.45) is 11.7 Å². The zero-order chi connectivity index (χ0) is 10.4. The Kier molecular flexibility index (Phi) is 5.29. The monoisotopic (exact) mass is 219 g/mol. The van der Waals surface area contributed by atoms with Crippen molar-refractivity contribution in [1.82, 2.24) is 0 Å². The Bertz CT molecular complexity index is 183. The van der Waals surface area contributed by atoms with Crippen LogP contribution in [0.5, 0.6) is 0 Å². The molecule has 3 N–H and O–H groups in total. The molecule has 2 unspecified atom stereocenters. The van der Waals surface area contributed by atoms with Gasteiger partial charge in [-0.15, -0.1) is 0 Å². The van der Waals surface area contributed by atoms with Crippen molar-refractivity contribution in [3.05, 3.63) is 0 Å². The molecular formula is C9H17NO3S. The molecule has 1 rings (SSSR count). The molecule has 1 saturated heterocycles. The molecule has 0 aromatic heterocycles. The van der Waals surface area contributed by atoms with Crippen molar-refractivity contribution in [3.63, 3.8) is 0 Å². The fraction of sp³-hybridized carbons (Fsp3) is 0.889. The molecule has 0 bridgehead atoms. The van der Waals surface area contributed by atoms with Crippen LogP contribution in [0.3, 0.4) is 0 Å². The number of carboxylic acid groups (broad SMARTS) is 1. The number of ether oxygens (including phenoxy) is 1. The Morgan fingerprint density at radius 2 is 2.50 bits per heavy atom. The van der Waals surface area contributed by atoms with Crippen LogP contribution in [-0.4, -0.2) is 41.8 Å². The second kappa shape index (κ2) is 6.27. The molecule has 2 atom stereocenters. The van der Waals surface area contributed by atoms with Crippen LogP contribution in [0.25, 0.3) is 0 Å². The molecule has 0 spiro atoms. The van der Waals surface area contributed by atoms with Gasteiger partial charge in [0.25, 0.3) is 0 Å². The average molecular weight is 219 g/mol. The van der Waals surface area contributed by atoms with Crippen LogP contribution >= 0.6 is 11.8 Å². The van der Waals surface area contributed by atoms with E-state index in [0.29, 0.717) is 12.3 Å². The fourth-order valence-corrected chi connectivity index (χ4v) is 2.48. The first kappa shape index (κ1) is 11.8. The summed E-state index contributed by atoms with van der Waals surface area (Å²) in [5, 5.41) is 8.54. The minimum Gasteiger partial charge on any atom is -0.480 e.